The molecule has 2 aromatic rings. The number of aliphatic hydroxyl groups excluding tert-OH is 1. The molecule has 0 bridgehead atoms. The third-order valence-corrected chi connectivity index (χ3v) is 4.29. The Bertz CT molecular complexity index is 636. The Labute approximate surface area is 123 Å². The van der Waals surface area contributed by atoms with E-state index in [4.69, 9.17) is 4.52 Å². The Kier molecular flexibility index (Phi) is 3.15. The summed E-state index contributed by atoms with van der Waals surface area (Å²) < 4.78 is 5.39. The van der Waals surface area contributed by atoms with Gasteiger partial charge in [-0.3, -0.25) is 0 Å². The molecule has 110 valence electrons. The highest BCUT2D eigenvalue weighted by atomic mass is 16.5. The number of para-hydroxylation sites is 1. The van der Waals surface area contributed by atoms with E-state index >= 15 is 0 Å². The molecule has 4 rings (SSSR count). The minimum Gasteiger partial charge on any atom is -0.388 e. The van der Waals surface area contributed by atoms with Gasteiger partial charge in [0.25, 0.3) is 0 Å². The van der Waals surface area contributed by atoms with Crippen LogP contribution in [0.3, 0.4) is 0 Å². The van der Waals surface area contributed by atoms with Gasteiger partial charge in [0.1, 0.15) is 0 Å². The maximum atomic E-state index is 10.2. The number of hydrogen-bond donors (Lipinski definition) is 1. The molecular formula is C16H19N3O2. The predicted octanol–water partition coefficient (Wildman–Crippen LogP) is 2.78. The highest BCUT2D eigenvalue weighted by molar-refractivity contribution is 5.55. The largest absolute Gasteiger partial charge is 0.388 e. The van der Waals surface area contributed by atoms with Crippen LogP contribution in [-0.2, 0) is 6.54 Å². The normalized spacial score (nSPS) is 22.0. The topological polar surface area (TPSA) is 62.4 Å². The fraction of sp³-hybridized carbons (Fsp3) is 0.500. The summed E-state index contributed by atoms with van der Waals surface area (Å²) in [5, 5.41) is 14.3. The number of nitrogens with zero attached hydrogens (tertiary/aromatic N) is 3. The summed E-state index contributed by atoms with van der Waals surface area (Å²) >= 11 is 0. The fourth-order valence-corrected chi connectivity index (χ4v) is 2.98. The first-order valence-electron chi connectivity index (χ1n) is 7.65. The number of aromatic nitrogens is 2. The van der Waals surface area contributed by atoms with Crippen molar-refractivity contribution in [2.75, 3.05) is 11.4 Å². The lowest BCUT2D eigenvalue weighted by Gasteiger charge is -2.23. The number of rotatable bonds is 3. The molecule has 21 heavy (non-hydrogen) atoms. The minimum atomic E-state index is -0.379. The first-order valence-corrected chi connectivity index (χ1v) is 7.65. The molecule has 0 amide bonds. The second kappa shape index (κ2) is 5.15. The molecule has 1 N–H and O–H groups in total. The van der Waals surface area contributed by atoms with E-state index < -0.39 is 0 Å². The van der Waals surface area contributed by atoms with E-state index in [-0.39, 0.29) is 6.10 Å². The highest BCUT2D eigenvalue weighted by Gasteiger charge is 2.29. The summed E-state index contributed by atoms with van der Waals surface area (Å²) in [6.07, 6.45) is 3.73. The number of aliphatic hydroxyl groups is 1. The second-order valence-electron chi connectivity index (χ2n) is 5.96. The lowest BCUT2D eigenvalue weighted by molar-refractivity contribution is 0.168. The summed E-state index contributed by atoms with van der Waals surface area (Å²) in [4.78, 5) is 6.74. The van der Waals surface area contributed by atoms with Gasteiger partial charge in [0.2, 0.25) is 5.89 Å². The van der Waals surface area contributed by atoms with Gasteiger partial charge in [0, 0.05) is 23.7 Å². The zero-order chi connectivity index (χ0) is 14.2. The molecular weight excluding hydrogens is 266 g/mol. The van der Waals surface area contributed by atoms with E-state index in [1.54, 1.807) is 0 Å². The van der Waals surface area contributed by atoms with Crippen molar-refractivity contribution < 1.29 is 9.63 Å². The van der Waals surface area contributed by atoms with Crippen LogP contribution in [0.25, 0.3) is 0 Å². The smallest absolute Gasteiger partial charge is 0.246 e. The quantitative estimate of drug-likeness (QED) is 0.939. The van der Waals surface area contributed by atoms with E-state index in [1.165, 1.54) is 12.8 Å². The first kappa shape index (κ1) is 12.8. The third kappa shape index (κ3) is 2.53. The van der Waals surface area contributed by atoms with Crippen molar-refractivity contribution in [1.29, 1.82) is 0 Å². The van der Waals surface area contributed by atoms with Crippen LogP contribution in [0.5, 0.6) is 0 Å². The molecule has 1 atom stereocenters. The van der Waals surface area contributed by atoms with E-state index in [1.807, 2.05) is 18.2 Å². The zero-order valence-electron chi connectivity index (χ0n) is 11.9. The molecule has 1 aliphatic heterocycles. The van der Waals surface area contributed by atoms with E-state index in [0.717, 1.165) is 36.5 Å². The van der Waals surface area contributed by atoms with E-state index in [9.17, 15) is 5.11 Å². The number of fused-ring (bicyclic) bond motifs is 1. The van der Waals surface area contributed by atoms with Gasteiger partial charge < -0.3 is 14.5 Å². The molecule has 1 unspecified atom stereocenters. The average molecular weight is 285 g/mol. The molecule has 1 fully saturated rings. The van der Waals surface area contributed by atoms with Crippen molar-refractivity contribution in [2.45, 2.75) is 44.2 Å². The lowest BCUT2D eigenvalue weighted by atomic mass is 10.0. The van der Waals surface area contributed by atoms with E-state index in [2.05, 4.69) is 21.1 Å². The fourth-order valence-electron chi connectivity index (χ4n) is 2.98. The van der Waals surface area contributed by atoms with Crippen LogP contribution in [0, 0.1) is 0 Å². The van der Waals surface area contributed by atoms with Crippen LogP contribution in [-0.4, -0.2) is 21.8 Å². The Balaban J connectivity index is 1.59. The van der Waals surface area contributed by atoms with Crippen molar-refractivity contribution in [3.05, 3.63) is 41.5 Å². The Morgan fingerprint density at radius 3 is 2.95 bits per heavy atom. The molecule has 1 aromatic carbocycles. The van der Waals surface area contributed by atoms with Crippen molar-refractivity contribution in [2.24, 2.45) is 0 Å². The molecule has 1 aliphatic carbocycles. The van der Waals surface area contributed by atoms with Gasteiger partial charge in [-0.15, -0.1) is 0 Å². The van der Waals surface area contributed by atoms with Gasteiger partial charge in [0.15, 0.2) is 5.82 Å². The second-order valence-corrected chi connectivity index (χ2v) is 5.96. The summed E-state index contributed by atoms with van der Waals surface area (Å²) in [5.74, 6) is 2.04. The average Bonchev–Trinajstić information content (AvgIpc) is 3.27. The van der Waals surface area contributed by atoms with Crippen LogP contribution in [0.4, 0.5) is 5.69 Å². The maximum absolute atomic E-state index is 10.2. The van der Waals surface area contributed by atoms with Crippen molar-refractivity contribution in [3.63, 3.8) is 0 Å². The van der Waals surface area contributed by atoms with Gasteiger partial charge in [-0.05, 0) is 31.7 Å². The van der Waals surface area contributed by atoms with Crippen molar-refractivity contribution in [3.8, 4) is 0 Å². The number of anilines is 1. The molecule has 2 heterocycles. The molecule has 0 spiro atoms. The highest BCUT2D eigenvalue weighted by Crippen LogP contribution is 2.38. The molecule has 1 aromatic heterocycles. The summed E-state index contributed by atoms with van der Waals surface area (Å²) in [7, 11) is 0. The summed E-state index contributed by atoms with van der Waals surface area (Å²) in [6.45, 7) is 1.51. The molecule has 5 heteroatoms. The van der Waals surface area contributed by atoms with Gasteiger partial charge in [-0.1, -0.05) is 23.4 Å². The standard InChI is InChI=1S/C16H19N3O2/c20-14-6-3-9-19(13-5-2-1-4-12(13)14)10-15-17-16(18-21-15)11-7-8-11/h1-2,4-5,11,14,20H,3,6-10H2. The molecule has 5 nitrogen and oxygen atoms in total. The van der Waals surface area contributed by atoms with Crippen LogP contribution in [0.2, 0.25) is 0 Å². The SMILES string of the molecule is OC1CCCN(Cc2nc(C3CC3)no2)c2ccccc21. The first-order chi connectivity index (χ1) is 10.3. The van der Waals surface area contributed by atoms with Gasteiger partial charge >= 0.3 is 0 Å². The zero-order valence-corrected chi connectivity index (χ0v) is 11.9. The number of hydrogen-bond acceptors (Lipinski definition) is 5. The Morgan fingerprint density at radius 1 is 1.24 bits per heavy atom. The van der Waals surface area contributed by atoms with Gasteiger partial charge in [-0.25, -0.2) is 0 Å². The Morgan fingerprint density at radius 2 is 2.10 bits per heavy atom. The number of benzene rings is 1. The lowest BCUT2D eigenvalue weighted by Crippen LogP contribution is -2.23. The third-order valence-electron chi connectivity index (χ3n) is 4.29. The Hall–Kier alpha value is -1.88. The monoisotopic (exact) mass is 285 g/mol. The predicted molar refractivity (Wildman–Crippen MR) is 78.0 cm³/mol. The molecule has 0 radical (unpaired) electrons. The molecule has 0 saturated heterocycles. The minimum absolute atomic E-state index is 0.379. The van der Waals surface area contributed by atoms with Crippen LogP contribution < -0.4 is 4.90 Å². The van der Waals surface area contributed by atoms with Crippen molar-refractivity contribution >= 4 is 5.69 Å². The van der Waals surface area contributed by atoms with Gasteiger partial charge in [-0.2, -0.15) is 4.98 Å². The van der Waals surface area contributed by atoms with E-state index in [0.29, 0.717) is 18.4 Å². The van der Waals surface area contributed by atoms with Crippen LogP contribution >= 0.6 is 0 Å². The summed E-state index contributed by atoms with van der Waals surface area (Å²) in [6, 6.07) is 8.04. The van der Waals surface area contributed by atoms with Crippen LogP contribution in [0.1, 0.15) is 55.0 Å². The molecule has 2 aliphatic rings. The maximum Gasteiger partial charge on any atom is 0.246 e. The molecule has 1 saturated carbocycles. The van der Waals surface area contributed by atoms with Crippen molar-refractivity contribution in [1.82, 2.24) is 10.1 Å². The van der Waals surface area contributed by atoms with Gasteiger partial charge in [0.05, 0.1) is 12.6 Å². The van der Waals surface area contributed by atoms with Crippen LogP contribution in [0.15, 0.2) is 28.8 Å². The summed E-state index contributed by atoms with van der Waals surface area (Å²) in [5.41, 5.74) is 2.07.